The number of aliphatic hydroxyl groups is 2. The molecule has 0 amide bonds. The predicted octanol–water partition coefficient (Wildman–Crippen LogP) is 6.33. The number of hydrogen-bond acceptors (Lipinski definition) is 6. The van der Waals surface area contributed by atoms with Crippen LogP contribution in [0.5, 0.6) is 5.75 Å². The molecule has 0 aliphatic carbocycles. The van der Waals surface area contributed by atoms with Crippen LogP contribution in [0.4, 0.5) is 4.39 Å². The fourth-order valence-electron chi connectivity index (χ4n) is 3.87. The molecule has 0 radical (unpaired) electrons. The van der Waals surface area contributed by atoms with Gasteiger partial charge in [-0.1, -0.05) is 44.2 Å². The van der Waals surface area contributed by atoms with Crippen molar-refractivity contribution in [3.05, 3.63) is 81.8 Å². The van der Waals surface area contributed by atoms with E-state index in [9.17, 15) is 19.4 Å². The van der Waals surface area contributed by atoms with Gasteiger partial charge < -0.3 is 19.7 Å². The summed E-state index contributed by atoms with van der Waals surface area (Å²) in [6.07, 6.45) is 1.27. The largest absolute Gasteiger partial charge is 0.488 e. The molecule has 0 saturated carbocycles. The van der Waals surface area contributed by atoms with Gasteiger partial charge in [0.25, 0.3) is 0 Å². The van der Waals surface area contributed by atoms with E-state index in [0.29, 0.717) is 12.4 Å². The van der Waals surface area contributed by atoms with Gasteiger partial charge in [-0.3, -0.25) is 4.79 Å². The van der Waals surface area contributed by atoms with E-state index in [1.807, 2.05) is 35.7 Å². The molecule has 3 rings (SSSR count). The minimum Gasteiger partial charge on any atom is -0.488 e. The molecule has 1 aromatic heterocycles. The lowest BCUT2D eigenvalue weighted by atomic mass is 9.89. The summed E-state index contributed by atoms with van der Waals surface area (Å²) in [5, 5.41) is 22.7. The van der Waals surface area contributed by atoms with Gasteiger partial charge in [-0.25, -0.2) is 4.39 Å². The highest BCUT2D eigenvalue weighted by Gasteiger charge is 2.17. The molecule has 7 heteroatoms. The van der Waals surface area contributed by atoms with Gasteiger partial charge >= 0.3 is 5.97 Å². The molecule has 0 spiro atoms. The van der Waals surface area contributed by atoms with Crippen molar-refractivity contribution < 1.29 is 28.9 Å². The van der Waals surface area contributed by atoms with Gasteiger partial charge in [0.2, 0.25) is 0 Å². The Kier molecular flexibility index (Phi) is 10.2. The van der Waals surface area contributed by atoms with Crippen LogP contribution in [-0.4, -0.2) is 35.0 Å². The predicted molar refractivity (Wildman–Crippen MR) is 141 cm³/mol. The van der Waals surface area contributed by atoms with Crippen molar-refractivity contribution in [3.8, 4) is 16.9 Å². The van der Waals surface area contributed by atoms with E-state index < -0.39 is 18.2 Å². The standard InChI is InChI=1S/C29H33FO5S/c1-4-34-29(33)15-23(32)14-22(31)11-12-26-27(19(2)3)16-24(35-18-25-6-5-13-36-25)17-28(26)20-7-9-21(30)10-8-20/h5-13,16-17,19,22-23,31-32H,4,14-15,18H2,1-3H3/b12-11+. The van der Waals surface area contributed by atoms with Crippen molar-refractivity contribution >= 4 is 23.4 Å². The van der Waals surface area contributed by atoms with Gasteiger partial charge in [0.1, 0.15) is 18.2 Å². The number of thiophene rings is 1. The first-order chi connectivity index (χ1) is 17.3. The number of carbonyl (C=O) groups is 1. The second kappa shape index (κ2) is 13.3. The SMILES string of the molecule is CCOC(=O)CC(O)CC(O)/C=C/c1c(-c2ccc(F)cc2)cc(OCc2cccs2)cc1C(C)C. The average Bonchev–Trinajstić information content (AvgIpc) is 3.35. The molecule has 192 valence electrons. The zero-order valence-electron chi connectivity index (χ0n) is 20.8. The number of ether oxygens (including phenoxy) is 2. The van der Waals surface area contributed by atoms with Crippen LogP contribution in [0.1, 0.15) is 55.5 Å². The monoisotopic (exact) mass is 512 g/mol. The summed E-state index contributed by atoms with van der Waals surface area (Å²) in [7, 11) is 0. The summed E-state index contributed by atoms with van der Waals surface area (Å²) in [4.78, 5) is 12.7. The highest BCUT2D eigenvalue weighted by Crippen LogP contribution is 2.36. The Hall–Kier alpha value is -3.00. The Bertz CT molecular complexity index is 1140. The number of rotatable bonds is 12. The van der Waals surface area contributed by atoms with Crippen LogP contribution in [0.2, 0.25) is 0 Å². The second-order valence-corrected chi connectivity index (χ2v) is 9.86. The molecule has 0 aliphatic heterocycles. The summed E-state index contributed by atoms with van der Waals surface area (Å²) >= 11 is 1.63. The molecule has 0 aliphatic rings. The Morgan fingerprint density at radius 2 is 1.89 bits per heavy atom. The molecule has 2 aromatic carbocycles. The van der Waals surface area contributed by atoms with Gasteiger partial charge in [0.15, 0.2) is 0 Å². The maximum Gasteiger partial charge on any atom is 0.308 e. The Morgan fingerprint density at radius 1 is 1.14 bits per heavy atom. The maximum atomic E-state index is 13.7. The van der Waals surface area contributed by atoms with Crippen LogP contribution < -0.4 is 4.74 Å². The number of aliphatic hydroxyl groups excluding tert-OH is 2. The van der Waals surface area contributed by atoms with Crippen LogP contribution in [-0.2, 0) is 16.1 Å². The minimum absolute atomic E-state index is 0.000214. The molecule has 3 aromatic rings. The Morgan fingerprint density at radius 3 is 2.53 bits per heavy atom. The van der Waals surface area contributed by atoms with Gasteiger partial charge in [-0.05, 0) is 70.8 Å². The van der Waals surface area contributed by atoms with E-state index in [1.54, 1.807) is 36.5 Å². The zero-order chi connectivity index (χ0) is 26.1. The van der Waals surface area contributed by atoms with E-state index >= 15 is 0 Å². The molecule has 2 atom stereocenters. The summed E-state index contributed by atoms with van der Waals surface area (Å²) in [6, 6.07) is 14.2. The normalized spacial score (nSPS) is 13.2. The molecule has 36 heavy (non-hydrogen) atoms. The summed E-state index contributed by atoms with van der Waals surface area (Å²) < 4.78 is 24.6. The molecular formula is C29H33FO5S. The molecule has 5 nitrogen and oxygen atoms in total. The summed E-state index contributed by atoms with van der Waals surface area (Å²) in [5.74, 6) is 0.0192. The van der Waals surface area contributed by atoms with Crippen LogP contribution in [0, 0.1) is 5.82 Å². The number of esters is 1. The van der Waals surface area contributed by atoms with Crippen molar-refractivity contribution in [2.45, 2.75) is 58.3 Å². The summed E-state index contributed by atoms with van der Waals surface area (Å²) in [6.45, 7) is 6.54. The van der Waals surface area contributed by atoms with Crippen LogP contribution >= 0.6 is 11.3 Å². The Labute approximate surface area is 215 Å². The first-order valence-electron chi connectivity index (χ1n) is 12.1. The number of hydrogen-bond donors (Lipinski definition) is 2. The summed E-state index contributed by atoms with van der Waals surface area (Å²) in [5.41, 5.74) is 3.54. The van der Waals surface area contributed by atoms with E-state index in [1.165, 1.54) is 12.1 Å². The van der Waals surface area contributed by atoms with E-state index in [4.69, 9.17) is 9.47 Å². The maximum absolute atomic E-state index is 13.7. The third-order valence-corrected chi connectivity index (χ3v) is 6.48. The first kappa shape index (κ1) is 27.6. The lowest BCUT2D eigenvalue weighted by Crippen LogP contribution is -2.20. The van der Waals surface area contributed by atoms with E-state index in [-0.39, 0.29) is 31.2 Å². The van der Waals surface area contributed by atoms with Gasteiger partial charge in [0.05, 0.1) is 25.2 Å². The van der Waals surface area contributed by atoms with Crippen molar-refractivity contribution in [2.24, 2.45) is 0 Å². The van der Waals surface area contributed by atoms with Crippen LogP contribution in [0.25, 0.3) is 17.2 Å². The highest BCUT2D eigenvalue weighted by atomic mass is 32.1. The third kappa shape index (κ3) is 8.01. The molecular weight excluding hydrogens is 479 g/mol. The van der Waals surface area contributed by atoms with Crippen molar-refractivity contribution in [3.63, 3.8) is 0 Å². The topological polar surface area (TPSA) is 76.0 Å². The molecule has 1 heterocycles. The third-order valence-electron chi connectivity index (χ3n) is 5.63. The van der Waals surface area contributed by atoms with Crippen molar-refractivity contribution in [1.82, 2.24) is 0 Å². The minimum atomic E-state index is -1.02. The number of carbonyl (C=O) groups excluding carboxylic acids is 1. The quantitative estimate of drug-likeness (QED) is 0.277. The van der Waals surface area contributed by atoms with Gasteiger partial charge in [-0.15, -0.1) is 11.3 Å². The van der Waals surface area contributed by atoms with Crippen molar-refractivity contribution in [1.29, 1.82) is 0 Å². The van der Waals surface area contributed by atoms with Gasteiger partial charge in [-0.2, -0.15) is 0 Å². The lowest BCUT2D eigenvalue weighted by Gasteiger charge is -2.19. The average molecular weight is 513 g/mol. The molecule has 2 unspecified atom stereocenters. The zero-order valence-corrected chi connectivity index (χ0v) is 21.6. The first-order valence-corrected chi connectivity index (χ1v) is 12.9. The van der Waals surface area contributed by atoms with E-state index in [2.05, 4.69) is 13.8 Å². The van der Waals surface area contributed by atoms with Crippen LogP contribution in [0.3, 0.4) is 0 Å². The smallest absolute Gasteiger partial charge is 0.308 e. The van der Waals surface area contributed by atoms with Crippen LogP contribution in [0.15, 0.2) is 60.0 Å². The molecule has 2 N–H and O–H groups in total. The lowest BCUT2D eigenvalue weighted by molar-refractivity contribution is -0.145. The van der Waals surface area contributed by atoms with Gasteiger partial charge in [0, 0.05) is 11.3 Å². The fourth-order valence-corrected chi connectivity index (χ4v) is 4.49. The fraction of sp³-hybridized carbons (Fsp3) is 0.345. The number of halogens is 1. The Balaban J connectivity index is 1.91. The second-order valence-electron chi connectivity index (χ2n) is 8.83. The van der Waals surface area contributed by atoms with E-state index in [0.717, 1.165) is 27.1 Å². The highest BCUT2D eigenvalue weighted by molar-refractivity contribution is 7.09. The van der Waals surface area contributed by atoms with Crippen molar-refractivity contribution in [2.75, 3.05) is 6.61 Å². The molecule has 0 bridgehead atoms. The molecule has 0 saturated heterocycles. The number of benzene rings is 2. The molecule has 0 fully saturated rings.